The molecular weight excluding hydrogens is 357 g/mol. The van der Waals surface area contributed by atoms with E-state index in [9.17, 15) is 4.79 Å². The normalized spacial score (nSPS) is 14.1. The molecule has 3 rings (SSSR count). The van der Waals surface area contributed by atoms with Crippen molar-refractivity contribution < 1.29 is 4.79 Å². The minimum Gasteiger partial charge on any atom is -0.399 e. The molecule has 4 nitrogen and oxygen atoms in total. The first-order chi connectivity index (χ1) is 11.2. The van der Waals surface area contributed by atoms with Gasteiger partial charge in [0.05, 0.1) is 0 Å². The number of nitrogens with one attached hydrogen (secondary N) is 1. The summed E-state index contributed by atoms with van der Waals surface area (Å²) in [6, 6.07) is 15.1. The van der Waals surface area contributed by atoms with Crippen LogP contribution >= 0.6 is 24.8 Å². The number of carbonyl (C=O) groups excluding carboxylic acids is 1. The van der Waals surface area contributed by atoms with Crippen LogP contribution in [0.25, 0.3) is 0 Å². The molecule has 0 bridgehead atoms. The van der Waals surface area contributed by atoms with Crippen molar-refractivity contribution in [3.63, 3.8) is 0 Å². The molecule has 0 unspecified atom stereocenters. The Labute approximate surface area is 161 Å². The molecule has 1 aliphatic rings. The zero-order chi connectivity index (χ0) is 16.1. The standard InChI is InChI=1S/C19H23N3O.2ClH/c20-17-8-5-7-16(13-17)19(23)21-18-9-4-6-15(12-18)14-22-10-2-1-3-11-22;;/h4-9,12-13H,1-3,10-11,14,20H2,(H,21,23);2*1H. The van der Waals surface area contributed by atoms with E-state index in [2.05, 4.69) is 22.3 Å². The number of anilines is 2. The SMILES string of the molecule is Cl.Cl.Nc1cccc(C(=O)Nc2cccc(CN3CCCCC3)c2)c1. The second-order valence-electron chi connectivity index (χ2n) is 6.12. The second kappa shape index (κ2) is 10.3. The van der Waals surface area contributed by atoms with Crippen LogP contribution in [0.2, 0.25) is 0 Å². The maximum atomic E-state index is 12.3. The Kier molecular flexibility index (Phi) is 8.76. The van der Waals surface area contributed by atoms with Gasteiger partial charge in [0.25, 0.3) is 5.91 Å². The Hall–Kier alpha value is -1.75. The van der Waals surface area contributed by atoms with E-state index >= 15 is 0 Å². The van der Waals surface area contributed by atoms with Gasteiger partial charge in [-0.25, -0.2) is 0 Å². The van der Waals surface area contributed by atoms with Crippen molar-refractivity contribution in [2.75, 3.05) is 24.1 Å². The van der Waals surface area contributed by atoms with E-state index in [1.54, 1.807) is 24.3 Å². The minimum atomic E-state index is -0.132. The van der Waals surface area contributed by atoms with Crippen LogP contribution in [-0.2, 0) is 6.54 Å². The smallest absolute Gasteiger partial charge is 0.255 e. The largest absolute Gasteiger partial charge is 0.399 e. The molecule has 0 spiro atoms. The highest BCUT2D eigenvalue weighted by Crippen LogP contribution is 2.17. The van der Waals surface area contributed by atoms with Gasteiger partial charge in [0.2, 0.25) is 0 Å². The number of halogens is 2. The van der Waals surface area contributed by atoms with E-state index in [1.165, 1.54) is 37.9 Å². The van der Waals surface area contributed by atoms with Gasteiger partial charge in [-0.05, 0) is 61.8 Å². The quantitative estimate of drug-likeness (QED) is 0.773. The third-order valence-corrected chi connectivity index (χ3v) is 4.19. The van der Waals surface area contributed by atoms with E-state index in [4.69, 9.17) is 5.73 Å². The number of nitrogen functional groups attached to an aromatic ring is 1. The average Bonchev–Trinajstić information content (AvgIpc) is 2.56. The Balaban J connectivity index is 0.00000156. The van der Waals surface area contributed by atoms with Crippen molar-refractivity contribution in [3.8, 4) is 0 Å². The summed E-state index contributed by atoms with van der Waals surface area (Å²) >= 11 is 0. The topological polar surface area (TPSA) is 58.4 Å². The number of nitrogens with two attached hydrogens (primary N) is 1. The van der Waals surface area contributed by atoms with Gasteiger partial charge >= 0.3 is 0 Å². The predicted octanol–water partition coefficient (Wildman–Crippen LogP) is 4.35. The van der Waals surface area contributed by atoms with Crippen LogP contribution in [0.5, 0.6) is 0 Å². The van der Waals surface area contributed by atoms with E-state index in [-0.39, 0.29) is 30.7 Å². The van der Waals surface area contributed by atoms with E-state index in [1.807, 2.05) is 12.1 Å². The molecule has 2 aromatic carbocycles. The lowest BCUT2D eigenvalue weighted by Crippen LogP contribution is -2.29. The molecule has 1 saturated heterocycles. The Bertz CT molecular complexity index is 688. The molecule has 2 aromatic rings. The van der Waals surface area contributed by atoms with Crippen molar-refractivity contribution >= 4 is 42.1 Å². The summed E-state index contributed by atoms with van der Waals surface area (Å²) in [5, 5.41) is 2.95. The maximum Gasteiger partial charge on any atom is 0.255 e. The summed E-state index contributed by atoms with van der Waals surface area (Å²) < 4.78 is 0. The van der Waals surface area contributed by atoms with Gasteiger partial charge < -0.3 is 11.1 Å². The highest BCUT2D eigenvalue weighted by atomic mass is 35.5. The van der Waals surface area contributed by atoms with Gasteiger partial charge in [-0.15, -0.1) is 24.8 Å². The fraction of sp³-hybridized carbons (Fsp3) is 0.316. The summed E-state index contributed by atoms with van der Waals surface area (Å²) in [5.74, 6) is -0.132. The first-order valence-corrected chi connectivity index (χ1v) is 8.19. The molecule has 1 aliphatic heterocycles. The van der Waals surface area contributed by atoms with Crippen molar-refractivity contribution in [1.82, 2.24) is 4.90 Å². The van der Waals surface area contributed by atoms with Crippen LogP contribution in [-0.4, -0.2) is 23.9 Å². The first kappa shape index (κ1) is 21.3. The number of hydrogen-bond acceptors (Lipinski definition) is 3. The van der Waals surface area contributed by atoms with Crippen LogP contribution in [0.15, 0.2) is 48.5 Å². The number of carbonyl (C=O) groups is 1. The summed E-state index contributed by atoms with van der Waals surface area (Å²) in [7, 11) is 0. The summed E-state index contributed by atoms with van der Waals surface area (Å²) in [6.45, 7) is 3.28. The van der Waals surface area contributed by atoms with Gasteiger partial charge in [0.15, 0.2) is 0 Å². The molecule has 1 amide bonds. The highest BCUT2D eigenvalue weighted by Gasteiger charge is 2.11. The van der Waals surface area contributed by atoms with Crippen molar-refractivity contribution in [2.24, 2.45) is 0 Å². The van der Waals surface area contributed by atoms with Gasteiger partial charge in [-0.2, -0.15) is 0 Å². The number of rotatable bonds is 4. The summed E-state index contributed by atoms with van der Waals surface area (Å²) in [6.07, 6.45) is 3.91. The fourth-order valence-corrected chi connectivity index (χ4v) is 3.01. The number of nitrogens with zero attached hydrogens (tertiary/aromatic N) is 1. The number of likely N-dealkylation sites (tertiary alicyclic amines) is 1. The third-order valence-electron chi connectivity index (χ3n) is 4.19. The lowest BCUT2D eigenvalue weighted by Gasteiger charge is -2.26. The summed E-state index contributed by atoms with van der Waals surface area (Å²) in [5.41, 5.74) is 8.96. The lowest BCUT2D eigenvalue weighted by atomic mass is 10.1. The Morgan fingerprint density at radius 3 is 2.44 bits per heavy atom. The molecule has 0 aromatic heterocycles. The molecule has 1 heterocycles. The van der Waals surface area contributed by atoms with Crippen LogP contribution in [0, 0.1) is 0 Å². The average molecular weight is 382 g/mol. The van der Waals surface area contributed by atoms with Gasteiger partial charge in [0, 0.05) is 23.5 Å². The molecule has 25 heavy (non-hydrogen) atoms. The van der Waals surface area contributed by atoms with Gasteiger partial charge in [-0.3, -0.25) is 9.69 Å². The fourth-order valence-electron chi connectivity index (χ4n) is 3.01. The van der Waals surface area contributed by atoms with Crippen molar-refractivity contribution in [2.45, 2.75) is 25.8 Å². The van der Waals surface area contributed by atoms with Crippen LogP contribution < -0.4 is 11.1 Å². The third kappa shape index (κ3) is 6.24. The number of piperidine rings is 1. The Morgan fingerprint density at radius 2 is 1.72 bits per heavy atom. The number of hydrogen-bond donors (Lipinski definition) is 2. The molecule has 0 atom stereocenters. The number of benzene rings is 2. The van der Waals surface area contributed by atoms with Crippen molar-refractivity contribution in [1.29, 1.82) is 0 Å². The highest BCUT2D eigenvalue weighted by molar-refractivity contribution is 6.04. The van der Waals surface area contributed by atoms with E-state index in [0.717, 1.165) is 12.2 Å². The molecule has 6 heteroatoms. The zero-order valence-corrected chi connectivity index (χ0v) is 15.7. The Morgan fingerprint density at radius 1 is 1.00 bits per heavy atom. The lowest BCUT2D eigenvalue weighted by molar-refractivity contribution is 0.102. The second-order valence-corrected chi connectivity index (χ2v) is 6.12. The molecule has 0 saturated carbocycles. The molecule has 0 radical (unpaired) electrons. The van der Waals surface area contributed by atoms with Crippen molar-refractivity contribution in [3.05, 3.63) is 59.7 Å². The molecule has 136 valence electrons. The number of amides is 1. The minimum absolute atomic E-state index is 0. The van der Waals surface area contributed by atoms with E-state index in [0.29, 0.717) is 11.3 Å². The predicted molar refractivity (Wildman–Crippen MR) is 109 cm³/mol. The maximum absolute atomic E-state index is 12.3. The van der Waals surface area contributed by atoms with Gasteiger partial charge in [0.1, 0.15) is 0 Å². The van der Waals surface area contributed by atoms with Crippen LogP contribution in [0.1, 0.15) is 35.2 Å². The van der Waals surface area contributed by atoms with Crippen LogP contribution in [0.4, 0.5) is 11.4 Å². The first-order valence-electron chi connectivity index (χ1n) is 8.19. The molecule has 3 N–H and O–H groups in total. The van der Waals surface area contributed by atoms with Crippen LogP contribution in [0.3, 0.4) is 0 Å². The molecular formula is C19H25Cl2N3O. The zero-order valence-electron chi connectivity index (χ0n) is 14.1. The monoisotopic (exact) mass is 381 g/mol. The van der Waals surface area contributed by atoms with E-state index < -0.39 is 0 Å². The summed E-state index contributed by atoms with van der Waals surface area (Å²) in [4.78, 5) is 14.8. The molecule has 0 aliphatic carbocycles. The van der Waals surface area contributed by atoms with Gasteiger partial charge in [-0.1, -0.05) is 24.6 Å². The molecule has 1 fully saturated rings.